The third kappa shape index (κ3) is 4.27. The van der Waals surface area contributed by atoms with E-state index in [4.69, 9.17) is 4.74 Å². The van der Waals surface area contributed by atoms with Gasteiger partial charge in [-0.05, 0) is 30.3 Å². The van der Waals surface area contributed by atoms with Gasteiger partial charge in [0.2, 0.25) is 0 Å². The maximum absolute atomic E-state index is 13.4. The Bertz CT molecular complexity index is 1160. The largest absolute Gasteiger partial charge is 0.426 e. The molecule has 3 aromatic carbocycles. The summed E-state index contributed by atoms with van der Waals surface area (Å²) in [6.07, 6.45) is 0. The zero-order valence-corrected chi connectivity index (χ0v) is 19.7. The average Bonchev–Trinajstić information content (AvgIpc) is 2.78. The number of hydrogen-bond acceptors (Lipinski definition) is 4. The fourth-order valence-corrected chi connectivity index (χ4v) is 4.66. The highest BCUT2D eigenvalue weighted by Crippen LogP contribution is 2.45. The summed E-state index contributed by atoms with van der Waals surface area (Å²) in [4.78, 5) is 39.8. The molecule has 0 spiro atoms. The van der Waals surface area contributed by atoms with E-state index in [2.05, 4.69) is 31.9 Å². The summed E-state index contributed by atoms with van der Waals surface area (Å²) < 4.78 is 7.17. The van der Waals surface area contributed by atoms with Gasteiger partial charge in [0.15, 0.2) is 11.6 Å². The van der Waals surface area contributed by atoms with Crippen molar-refractivity contribution in [2.24, 2.45) is 11.8 Å². The molecule has 4 nitrogen and oxygen atoms in total. The molecule has 4 rings (SSSR count). The number of rotatable bonds is 5. The summed E-state index contributed by atoms with van der Waals surface area (Å²) in [6.45, 7) is 1.77. The summed E-state index contributed by atoms with van der Waals surface area (Å²) in [5.41, 5.74) is 1.61. The second-order valence-electron chi connectivity index (χ2n) is 7.50. The Hall–Kier alpha value is -2.57. The third-order valence-electron chi connectivity index (χ3n) is 5.58. The van der Waals surface area contributed by atoms with Gasteiger partial charge in [-0.25, -0.2) is 0 Å². The van der Waals surface area contributed by atoms with Gasteiger partial charge in [-0.15, -0.1) is 0 Å². The van der Waals surface area contributed by atoms with Crippen LogP contribution in [-0.4, -0.2) is 17.5 Å². The van der Waals surface area contributed by atoms with Gasteiger partial charge in [0, 0.05) is 37.5 Å². The number of fused-ring (bicyclic) bond motifs is 1. The number of benzene rings is 3. The lowest BCUT2D eigenvalue weighted by atomic mass is 9.71. The van der Waals surface area contributed by atoms with E-state index < -0.39 is 23.7 Å². The van der Waals surface area contributed by atoms with Gasteiger partial charge < -0.3 is 4.74 Å². The normalized spacial score (nSPS) is 18.6. The van der Waals surface area contributed by atoms with Crippen LogP contribution in [0.1, 0.15) is 39.1 Å². The van der Waals surface area contributed by atoms with Gasteiger partial charge in [0.1, 0.15) is 11.7 Å². The SMILES string of the molecule is C[C@H](C(=O)c1ccc(Br)cc1)[C@H]1c2cc(Br)ccc2OC(=O)[C@@H]1C(=O)c1ccccc1. The summed E-state index contributed by atoms with van der Waals surface area (Å²) in [6, 6.07) is 21.0. The van der Waals surface area contributed by atoms with Gasteiger partial charge in [-0.2, -0.15) is 0 Å². The van der Waals surface area contributed by atoms with Crippen molar-refractivity contribution in [3.63, 3.8) is 0 Å². The quantitative estimate of drug-likeness (QED) is 0.166. The van der Waals surface area contributed by atoms with Crippen LogP contribution in [0.3, 0.4) is 0 Å². The standard InChI is InChI=1S/C25H18Br2O4/c1-14(23(28)16-7-9-17(26)10-8-16)21-19-13-18(27)11-12-20(19)31-25(30)22(21)24(29)15-5-3-2-4-6-15/h2-14,21-22H,1H3/t14-,21-,22-/m0/s1. The van der Waals surface area contributed by atoms with Crippen molar-refractivity contribution < 1.29 is 19.1 Å². The summed E-state index contributed by atoms with van der Waals surface area (Å²) in [5.74, 6) is -3.13. The van der Waals surface area contributed by atoms with Crippen LogP contribution in [0, 0.1) is 11.8 Å². The van der Waals surface area contributed by atoms with Crippen molar-refractivity contribution in [2.75, 3.05) is 0 Å². The molecule has 0 saturated heterocycles. The van der Waals surface area contributed by atoms with Crippen molar-refractivity contribution in [2.45, 2.75) is 12.8 Å². The predicted molar refractivity (Wildman–Crippen MR) is 124 cm³/mol. The van der Waals surface area contributed by atoms with E-state index in [1.807, 2.05) is 6.07 Å². The molecule has 0 unspecified atom stereocenters. The Morgan fingerprint density at radius 3 is 2.19 bits per heavy atom. The molecular weight excluding hydrogens is 524 g/mol. The fourth-order valence-electron chi connectivity index (χ4n) is 4.02. The molecule has 6 heteroatoms. The lowest BCUT2D eigenvalue weighted by molar-refractivity contribution is -0.139. The van der Waals surface area contributed by atoms with Crippen molar-refractivity contribution in [3.05, 3.63) is 98.4 Å². The number of carbonyl (C=O) groups excluding carboxylic acids is 3. The third-order valence-corrected chi connectivity index (χ3v) is 6.60. The van der Waals surface area contributed by atoms with Crippen LogP contribution in [0.4, 0.5) is 0 Å². The average molecular weight is 542 g/mol. The molecule has 0 bridgehead atoms. The van der Waals surface area contributed by atoms with Crippen molar-refractivity contribution in [1.82, 2.24) is 0 Å². The molecule has 156 valence electrons. The lowest BCUT2D eigenvalue weighted by Crippen LogP contribution is -2.41. The van der Waals surface area contributed by atoms with Gasteiger partial charge in [-0.3, -0.25) is 14.4 Å². The topological polar surface area (TPSA) is 60.4 Å². The molecular formula is C25H18Br2O4. The molecule has 0 aliphatic carbocycles. The molecule has 3 aromatic rings. The van der Waals surface area contributed by atoms with Gasteiger partial charge in [0.25, 0.3) is 0 Å². The first-order valence-corrected chi connectivity index (χ1v) is 11.4. The monoisotopic (exact) mass is 540 g/mol. The minimum absolute atomic E-state index is 0.135. The number of esters is 1. The predicted octanol–water partition coefficient (Wildman–Crippen LogP) is 6.23. The van der Waals surface area contributed by atoms with Crippen molar-refractivity contribution >= 4 is 49.4 Å². The highest BCUT2D eigenvalue weighted by molar-refractivity contribution is 9.10. The minimum Gasteiger partial charge on any atom is -0.426 e. The Kier molecular flexibility index (Phi) is 6.21. The second-order valence-corrected chi connectivity index (χ2v) is 9.33. The van der Waals surface area contributed by atoms with E-state index in [9.17, 15) is 14.4 Å². The van der Waals surface area contributed by atoms with Crippen LogP contribution < -0.4 is 4.74 Å². The first-order chi connectivity index (χ1) is 14.9. The van der Waals surface area contributed by atoms with Crippen LogP contribution in [-0.2, 0) is 4.79 Å². The van der Waals surface area contributed by atoms with E-state index in [1.54, 1.807) is 73.7 Å². The molecule has 1 aliphatic heterocycles. The minimum atomic E-state index is -1.11. The molecule has 0 saturated carbocycles. The van der Waals surface area contributed by atoms with Crippen LogP contribution in [0.2, 0.25) is 0 Å². The summed E-state index contributed by atoms with van der Waals surface area (Å²) in [5, 5.41) is 0. The van der Waals surface area contributed by atoms with E-state index in [-0.39, 0.29) is 11.6 Å². The zero-order valence-electron chi connectivity index (χ0n) is 16.5. The van der Waals surface area contributed by atoms with Crippen LogP contribution in [0.5, 0.6) is 5.75 Å². The summed E-state index contributed by atoms with van der Waals surface area (Å²) in [7, 11) is 0. The smallest absolute Gasteiger partial charge is 0.322 e. The molecule has 1 aliphatic rings. The number of Topliss-reactive ketones (excluding diaryl/α,β-unsaturated/α-hetero) is 2. The van der Waals surface area contributed by atoms with E-state index in [0.717, 1.165) is 8.95 Å². The van der Waals surface area contributed by atoms with Gasteiger partial charge in [0.05, 0.1) is 0 Å². The molecule has 0 N–H and O–H groups in total. The summed E-state index contributed by atoms with van der Waals surface area (Å²) >= 11 is 6.84. The highest BCUT2D eigenvalue weighted by Gasteiger charge is 2.47. The molecule has 1 heterocycles. The Labute approximate surface area is 196 Å². The maximum Gasteiger partial charge on any atom is 0.322 e. The highest BCUT2D eigenvalue weighted by atomic mass is 79.9. The molecule has 31 heavy (non-hydrogen) atoms. The molecule has 0 fully saturated rings. The Balaban J connectivity index is 1.81. The number of carbonyl (C=O) groups is 3. The van der Waals surface area contributed by atoms with E-state index >= 15 is 0 Å². The zero-order chi connectivity index (χ0) is 22.1. The Morgan fingerprint density at radius 1 is 0.871 bits per heavy atom. The number of ketones is 2. The van der Waals surface area contributed by atoms with Crippen LogP contribution in [0.15, 0.2) is 81.7 Å². The first-order valence-electron chi connectivity index (χ1n) is 9.77. The van der Waals surface area contributed by atoms with Crippen molar-refractivity contribution in [3.8, 4) is 5.75 Å². The molecule has 0 radical (unpaired) electrons. The van der Waals surface area contributed by atoms with Crippen molar-refractivity contribution in [1.29, 1.82) is 0 Å². The number of ether oxygens (including phenoxy) is 1. The van der Waals surface area contributed by atoms with E-state index in [0.29, 0.717) is 22.4 Å². The number of hydrogen-bond donors (Lipinski definition) is 0. The lowest BCUT2D eigenvalue weighted by Gasteiger charge is -2.34. The van der Waals surface area contributed by atoms with Crippen LogP contribution in [0.25, 0.3) is 0 Å². The second kappa shape index (κ2) is 8.89. The Morgan fingerprint density at radius 2 is 1.52 bits per heavy atom. The van der Waals surface area contributed by atoms with Gasteiger partial charge in [-0.1, -0.05) is 81.2 Å². The molecule has 0 aromatic heterocycles. The molecule has 3 atom stereocenters. The first kappa shape index (κ1) is 21.7. The van der Waals surface area contributed by atoms with Gasteiger partial charge >= 0.3 is 5.97 Å². The number of halogens is 2. The fraction of sp³-hybridized carbons (Fsp3) is 0.160. The van der Waals surface area contributed by atoms with E-state index in [1.165, 1.54) is 0 Å². The molecule has 0 amide bonds. The van der Waals surface area contributed by atoms with Crippen LogP contribution >= 0.6 is 31.9 Å². The maximum atomic E-state index is 13.4.